The summed E-state index contributed by atoms with van der Waals surface area (Å²) in [5, 5.41) is 5.91. The summed E-state index contributed by atoms with van der Waals surface area (Å²) in [6.45, 7) is 1.99. The second-order valence-corrected chi connectivity index (χ2v) is 6.92. The van der Waals surface area contributed by atoms with Crippen molar-refractivity contribution in [3.8, 4) is 11.4 Å². The minimum absolute atomic E-state index is 0.0983. The first kappa shape index (κ1) is 16.6. The summed E-state index contributed by atoms with van der Waals surface area (Å²) in [6.07, 6.45) is 3.47. The number of piperazine rings is 1. The van der Waals surface area contributed by atoms with Crippen molar-refractivity contribution in [1.82, 2.24) is 19.9 Å². The minimum atomic E-state index is 0.0983. The van der Waals surface area contributed by atoms with Crippen LogP contribution >= 0.6 is 11.3 Å². The third kappa shape index (κ3) is 3.56. The molecule has 0 bridgehead atoms. The van der Waals surface area contributed by atoms with E-state index in [1.54, 1.807) is 17.3 Å². The molecule has 1 amide bonds. The van der Waals surface area contributed by atoms with Gasteiger partial charge < -0.3 is 10.2 Å². The monoisotopic (exact) mass is 366 g/mol. The van der Waals surface area contributed by atoms with Gasteiger partial charge in [0.2, 0.25) is 5.91 Å². The van der Waals surface area contributed by atoms with E-state index in [9.17, 15) is 4.79 Å². The van der Waals surface area contributed by atoms with Crippen LogP contribution in [0.3, 0.4) is 0 Å². The average Bonchev–Trinajstić information content (AvgIpc) is 3.12. The van der Waals surface area contributed by atoms with E-state index >= 15 is 0 Å². The smallest absolute Gasteiger partial charge is 0.241 e. The number of amides is 1. The lowest BCUT2D eigenvalue weighted by atomic mass is 10.2. The summed E-state index contributed by atoms with van der Waals surface area (Å²) in [5.41, 5.74) is 2.49. The Bertz CT molecular complexity index is 896. The van der Waals surface area contributed by atoms with Crippen molar-refractivity contribution in [1.29, 1.82) is 0 Å². The SMILES string of the molecule is CN1CCN(c2ccc(Nc3nc(-c4ccccn4)cs3)nc2)C(=O)C1. The number of nitrogens with zero attached hydrogens (tertiary/aromatic N) is 5. The zero-order valence-corrected chi connectivity index (χ0v) is 15.1. The molecule has 3 aromatic rings. The van der Waals surface area contributed by atoms with Crippen LogP contribution in [-0.2, 0) is 4.79 Å². The molecule has 0 radical (unpaired) electrons. The topological polar surface area (TPSA) is 74.2 Å². The molecule has 1 aliphatic heterocycles. The van der Waals surface area contributed by atoms with E-state index in [1.807, 2.05) is 47.7 Å². The molecule has 1 aliphatic rings. The van der Waals surface area contributed by atoms with Crippen LogP contribution in [0, 0.1) is 0 Å². The van der Waals surface area contributed by atoms with Crippen LogP contribution in [-0.4, -0.2) is 52.4 Å². The Hall–Kier alpha value is -2.84. The molecule has 132 valence electrons. The van der Waals surface area contributed by atoms with Crippen LogP contribution < -0.4 is 10.2 Å². The second kappa shape index (κ2) is 7.19. The number of nitrogens with one attached hydrogen (secondary N) is 1. The molecule has 1 saturated heterocycles. The third-order valence-corrected chi connectivity index (χ3v) is 4.90. The molecule has 4 heterocycles. The highest BCUT2D eigenvalue weighted by Crippen LogP contribution is 2.26. The average molecular weight is 366 g/mol. The third-order valence-electron chi connectivity index (χ3n) is 4.14. The number of anilines is 3. The van der Waals surface area contributed by atoms with Crippen molar-refractivity contribution in [2.24, 2.45) is 0 Å². The number of hydrogen-bond donors (Lipinski definition) is 1. The van der Waals surface area contributed by atoms with E-state index in [0.29, 0.717) is 18.9 Å². The van der Waals surface area contributed by atoms with Gasteiger partial charge in [-0.1, -0.05) is 6.07 Å². The lowest BCUT2D eigenvalue weighted by Crippen LogP contribution is -2.48. The van der Waals surface area contributed by atoms with Crippen molar-refractivity contribution >= 4 is 33.9 Å². The summed E-state index contributed by atoms with van der Waals surface area (Å²) >= 11 is 1.50. The lowest BCUT2D eigenvalue weighted by molar-refractivity contribution is -0.120. The fraction of sp³-hybridized carbons (Fsp3) is 0.222. The van der Waals surface area contributed by atoms with Crippen molar-refractivity contribution in [2.45, 2.75) is 0 Å². The number of carbonyl (C=O) groups excluding carboxylic acids is 1. The highest BCUT2D eigenvalue weighted by Gasteiger charge is 2.22. The molecule has 1 fully saturated rings. The van der Waals surface area contributed by atoms with E-state index in [2.05, 4.69) is 20.3 Å². The molecule has 0 aromatic carbocycles. The number of hydrogen-bond acceptors (Lipinski definition) is 7. The summed E-state index contributed by atoms with van der Waals surface area (Å²) in [4.78, 5) is 29.2. The number of carbonyl (C=O) groups is 1. The van der Waals surface area contributed by atoms with Gasteiger partial charge in [0.25, 0.3) is 0 Å². The molecule has 0 unspecified atom stereocenters. The Morgan fingerprint density at radius 1 is 1.12 bits per heavy atom. The van der Waals surface area contributed by atoms with Gasteiger partial charge in [0.15, 0.2) is 5.13 Å². The Balaban J connectivity index is 1.45. The van der Waals surface area contributed by atoms with Gasteiger partial charge >= 0.3 is 0 Å². The first-order valence-corrected chi connectivity index (χ1v) is 9.16. The van der Waals surface area contributed by atoms with Gasteiger partial charge in [0, 0.05) is 24.7 Å². The molecule has 8 heteroatoms. The Kier molecular flexibility index (Phi) is 4.59. The Labute approximate surface area is 155 Å². The molecule has 7 nitrogen and oxygen atoms in total. The van der Waals surface area contributed by atoms with Crippen molar-refractivity contribution in [3.63, 3.8) is 0 Å². The van der Waals surface area contributed by atoms with Gasteiger partial charge in [0.1, 0.15) is 11.5 Å². The van der Waals surface area contributed by atoms with Gasteiger partial charge in [0.05, 0.1) is 24.1 Å². The quantitative estimate of drug-likeness (QED) is 0.765. The molecule has 1 N–H and O–H groups in total. The summed E-state index contributed by atoms with van der Waals surface area (Å²) in [7, 11) is 1.95. The number of likely N-dealkylation sites (N-methyl/N-ethyl adjacent to an activating group) is 1. The lowest BCUT2D eigenvalue weighted by Gasteiger charge is -2.31. The van der Waals surface area contributed by atoms with Crippen molar-refractivity contribution in [2.75, 3.05) is 36.9 Å². The van der Waals surface area contributed by atoms with Crippen LogP contribution in [0.25, 0.3) is 11.4 Å². The molecule has 3 aromatic heterocycles. The van der Waals surface area contributed by atoms with E-state index in [4.69, 9.17) is 0 Å². The molecular weight excluding hydrogens is 348 g/mol. The molecule has 0 atom stereocenters. The second-order valence-electron chi connectivity index (χ2n) is 6.06. The number of aromatic nitrogens is 3. The number of rotatable bonds is 4. The van der Waals surface area contributed by atoms with E-state index in [-0.39, 0.29) is 5.91 Å². The van der Waals surface area contributed by atoms with Gasteiger partial charge in [-0.3, -0.25) is 14.7 Å². The van der Waals surface area contributed by atoms with Crippen molar-refractivity contribution < 1.29 is 4.79 Å². The number of pyridine rings is 2. The fourth-order valence-corrected chi connectivity index (χ4v) is 3.47. The van der Waals surface area contributed by atoms with Crippen LogP contribution in [0.5, 0.6) is 0 Å². The number of thiazole rings is 1. The molecule has 4 rings (SSSR count). The van der Waals surface area contributed by atoms with E-state index in [1.165, 1.54) is 11.3 Å². The first-order valence-electron chi connectivity index (χ1n) is 8.28. The van der Waals surface area contributed by atoms with E-state index in [0.717, 1.165) is 28.8 Å². The normalized spacial score (nSPS) is 15.3. The standard InChI is InChI=1S/C18H18N6OS/c1-23-8-9-24(17(25)11-23)13-5-6-16(20-10-13)22-18-21-15(12-26-18)14-4-2-3-7-19-14/h2-7,10,12H,8-9,11H2,1H3,(H,20,21,22). The summed E-state index contributed by atoms with van der Waals surface area (Å²) < 4.78 is 0. The zero-order valence-electron chi connectivity index (χ0n) is 14.3. The Morgan fingerprint density at radius 2 is 2.04 bits per heavy atom. The predicted octanol–water partition coefficient (Wildman–Crippen LogP) is 2.62. The highest BCUT2D eigenvalue weighted by molar-refractivity contribution is 7.14. The molecule has 0 aliphatic carbocycles. The molecule has 26 heavy (non-hydrogen) atoms. The van der Waals surface area contributed by atoms with E-state index < -0.39 is 0 Å². The van der Waals surface area contributed by atoms with Crippen molar-refractivity contribution in [3.05, 3.63) is 48.1 Å². The fourth-order valence-electron chi connectivity index (χ4n) is 2.76. The Morgan fingerprint density at radius 3 is 2.77 bits per heavy atom. The van der Waals surface area contributed by atoms with Crippen LogP contribution in [0.15, 0.2) is 48.1 Å². The molecule has 0 saturated carbocycles. The molecule has 0 spiro atoms. The minimum Gasteiger partial charge on any atom is -0.316 e. The largest absolute Gasteiger partial charge is 0.316 e. The first-order chi connectivity index (χ1) is 12.7. The van der Waals surface area contributed by atoms with Gasteiger partial charge in [-0.25, -0.2) is 9.97 Å². The van der Waals surface area contributed by atoms with Crippen LogP contribution in [0.2, 0.25) is 0 Å². The maximum absolute atomic E-state index is 12.1. The maximum atomic E-state index is 12.1. The van der Waals surface area contributed by atoms with Gasteiger partial charge in [-0.2, -0.15) is 0 Å². The van der Waals surface area contributed by atoms with Gasteiger partial charge in [-0.15, -0.1) is 11.3 Å². The summed E-state index contributed by atoms with van der Waals surface area (Å²) in [6, 6.07) is 9.52. The van der Waals surface area contributed by atoms with Crippen LogP contribution in [0.4, 0.5) is 16.6 Å². The highest BCUT2D eigenvalue weighted by atomic mass is 32.1. The summed E-state index contributed by atoms with van der Waals surface area (Å²) in [5.74, 6) is 0.790. The molecular formula is C18H18N6OS. The van der Waals surface area contributed by atoms with Crippen LogP contribution in [0.1, 0.15) is 0 Å². The predicted molar refractivity (Wildman–Crippen MR) is 103 cm³/mol. The zero-order chi connectivity index (χ0) is 17.9. The maximum Gasteiger partial charge on any atom is 0.241 e. The van der Waals surface area contributed by atoms with Gasteiger partial charge in [-0.05, 0) is 31.3 Å².